The van der Waals surface area contributed by atoms with Crippen LogP contribution in [-0.2, 0) is 0 Å². The van der Waals surface area contributed by atoms with Crippen molar-refractivity contribution in [2.24, 2.45) is 0 Å². The van der Waals surface area contributed by atoms with Gasteiger partial charge < -0.3 is 14.9 Å². The summed E-state index contributed by atoms with van der Waals surface area (Å²) in [7, 11) is 4.19. The predicted molar refractivity (Wildman–Crippen MR) is 88.8 cm³/mol. The second-order valence-electron chi connectivity index (χ2n) is 5.53. The second kappa shape index (κ2) is 6.00. The number of para-hydroxylation sites is 1. The van der Waals surface area contributed by atoms with Crippen LogP contribution in [0.5, 0.6) is 5.75 Å². The van der Waals surface area contributed by atoms with Crippen LogP contribution in [0.15, 0.2) is 52.3 Å². The maximum absolute atomic E-state index is 9.82. The molecule has 0 saturated carbocycles. The molecular weight excluding hydrogens is 280 g/mol. The van der Waals surface area contributed by atoms with E-state index in [1.54, 1.807) is 17.8 Å². The summed E-state index contributed by atoms with van der Waals surface area (Å²) in [5.74, 6) is 0.325. The van der Waals surface area contributed by atoms with Gasteiger partial charge in [-0.3, -0.25) is 0 Å². The number of rotatable bonds is 4. The predicted octanol–water partition coefficient (Wildman–Crippen LogP) is 3.95. The molecule has 3 rings (SSSR count). The number of phenols is 1. The number of aromatic hydroxyl groups is 1. The Morgan fingerprint density at radius 1 is 1.05 bits per heavy atom. The number of phenolic OH excluding ortho intramolecular Hbond substituents is 1. The van der Waals surface area contributed by atoms with Crippen molar-refractivity contribution >= 4 is 23.1 Å². The van der Waals surface area contributed by atoms with Crippen molar-refractivity contribution in [3.8, 4) is 5.75 Å². The van der Waals surface area contributed by atoms with Crippen LogP contribution in [-0.4, -0.2) is 37.2 Å². The minimum Gasteiger partial charge on any atom is -0.508 e. The van der Waals surface area contributed by atoms with Gasteiger partial charge in [0.1, 0.15) is 5.75 Å². The fourth-order valence-electron chi connectivity index (χ4n) is 2.60. The molecule has 0 fully saturated rings. The lowest BCUT2D eigenvalue weighted by molar-refractivity contribution is 0.402. The van der Waals surface area contributed by atoms with Crippen LogP contribution < -0.4 is 4.90 Å². The van der Waals surface area contributed by atoms with Gasteiger partial charge in [0.15, 0.2) is 0 Å². The quantitative estimate of drug-likeness (QED) is 0.925. The van der Waals surface area contributed by atoms with Gasteiger partial charge in [-0.05, 0) is 51.3 Å². The van der Waals surface area contributed by atoms with Gasteiger partial charge in [0, 0.05) is 22.4 Å². The number of hydrogen-bond acceptors (Lipinski definition) is 4. The molecule has 0 radical (unpaired) electrons. The third kappa shape index (κ3) is 3.01. The lowest BCUT2D eigenvalue weighted by atomic mass is 10.2. The first-order chi connectivity index (χ1) is 10.1. The molecule has 0 spiro atoms. The topological polar surface area (TPSA) is 26.7 Å². The standard InChI is InChI=1S/C17H20N2OS/c1-18(2)10-5-11-19-14-6-3-4-7-16(14)21-17-9-8-13(20)12-15(17)19/h3-4,6-9,12,20H,5,10-11H2,1-2H3. The fraction of sp³-hybridized carbons (Fsp3) is 0.294. The fourth-order valence-corrected chi connectivity index (χ4v) is 3.68. The van der Waals surface area contributed by atoms with Crippen LogP contribution >= 0.6 is 11.8 Å². The molecule has 0 bridgehead atoms. The van der Waals surface area contributed by atoms with E-state index in [0.29, 0.717) is 5.75 Å². The highest BCUT2D eigenvalue weighted by atomic mass is 32.2. The van der Waals surface area contributed by atoms with Gasteiger partial charge in [0.05, 0.1) is 11.4 Å². The van der Waals surface area contributed by atoms with Crippen molar-refractivity contribution in [1.82, 2.24) is 4.90 Å². The van der Waals surface area contributed by atoms with Gasteiger partial charge in [-0.25, -0.2) is 0 Å². The summed E-state index contributed by atoms with van der Waals surface area (Å²) in [6.45, 7) is 2.01. The van der Waals surface area contributed by atoms with E-state index in [1.165, 1.54) is 15.5 Å². The van der Waals surface area contributed by atoms with Crippen molar-refractivity contribution in [1.29, 1.82) is 0 Å². The highest BCUT2D eigenvalue weighted by molar-refractivity contribution is 7.99. The van der Waals surface area contributed by atoms with Gasteiger partial charge in [0.25, 0.3) is 0 Å². The molecule has 0 amide bonds. The molecule has 2 aromatic carbocycles. The minimum absolute atomic E-state index is 0.325. The van der Waals surface area contributed by atoms with Gasteiger partial charge in [0.2, 0.25) is 0 Å². The van der Waals surface area contributed by atoms with E-state index in [4.69, 9.17) is 0 Å². The lowest BCUT2D eigenvalue weighted by Crippen LogP contribution is -2.25. The summed E-state index contributed by atoms with van der Waals surface area (Å²) in [4.78, 5) is 7.01. The molecule has 1 aliphatic rings. The molecule has 21 heavy (non-hydrogen) atoms. The zero-order valence-corrected chi connectivity index (χ0v) is 13.2. The Morgan fingerprint density at radius 2 is 1.81 bits per heavy atom. The maximum Gasteiger partial charge on any atom is 0.117 e. The molecule has 0 aliphatic carbocycles. The highest BCUT2D eigenvalue weighted by Gasteiger charge is 2.23. The molecule has 0 aromatic heterocycles. The molecule has 1 N–H and O–H groups in total. The molecule has 4 heteroatoms. The van der Waals surface area contributed by atoms with Crippen LogP contribution in [0.1, 0.15) is 6.42 Å². The van der Waals surface area contributed by atoms with E-state index < -0.39 is 0 Å². The monoisotopic (exact) mass is 300 g/mol. The van der Waals surface area contributed by atoms with Crippen molar-refractivity contribution < 1.29 is 5.11 Å². The number of benzene rings is 2. The van der Waals surface area contributed by atoms with Crippen LogP contribution in [0.4, 0.5) is 11.4 Å². The van der Waals surface area contributed by atoms with Crippen LogP contribution in [0.2, 0.25) is 0 Å². The van der Waals surface area contributed by atoms with E-state index in [1.807, 2.05) is 12.1 Å². The van der Waals surface area contributed by atoms with Gasteiger partial charge in [-0.15, -0.1) is 0 Å². The summed E-state index contributed by atoms with van der Waals surface area (Å²) >= 11 is 1.77. The Balaban J connectivity index is 1.94. The third-order valence-corrected chi connectivity index (χ3v) is 4.73. The summed E-state index contributed by atoms with van der Waals surface area (Å²) in [6, 6.07) is 14.1. The Hall–Kier alpha value is -1.65. The van der Waals surface area contributed by atoms with Crippen LogP contribution in [0, 0.1) is 0 Å². The van der Waals surface area contributed by atoms with E-state index in [-0.39, 0.29) is 0 Å². The second-order valence-corrected chi connectivity index (χ2v) is 6.61. The maximum atomic E-state index is 9.82. The number of fused-ring (bicyclic) bond motifs is 2. The smallest absolute Gasteiger partial charge is 0.117 e. The van der Waals surface area contributed by atoms with Crippen molar-refractivity contribution in [2.75, 3.05) is 32.1 Å². The number of hydrogen-bond donors (Lipinski definition) is 1. The van der Waals surface area contributed by atoms with E-state index >= 15 is 0 Å². The first-order valence-electron chi connectivity index (χ1n) is 7.17. The Morgan fingerprint density at radius 3 is 2.62 bits per heavy atom. The van der Waals surface area contributed by atoms with Crippen molar-refractivity contribution in [3.63, 3.8) is 0 Å². The molecule has 0 atom stereocenters. The Bertz CT molecular complexity index is 642. The molecule has 1 heterocycles. The average Bonchev–Trinajstić information content (AvgIpc) is 2.46. The molecule has 0 unspecified atom stereocenters. The highest BCUT2D eigenvalue weighted by Crippen LogP contribution is 2.48. The molecule has 110 valence electrons. The lowest BCUT2D eigenvalue weighted by Gasteiger charge is -2.33. The number of anilines is 2. The average molecular weight is 300 g/mol. The molecular formula is C17H20N2OS. The summed E-state index contributed by atoms with van der Waals surface area (Å²) in [6.07, 6.45) is 1.08. The summed E-state index contributed by atoms with van der Waals surface area (Å²) in [5.41, 5.74) is 2.34. The Labute approximate surface area is 130 Å². The number of nitrogens with zero attached hydrogens (tertiary/aromatic N) is 2. The minimum atomic E-state index is 0.325. The molecule has 3 nitrogen and oxygen atoms in total. The zero-order valence-electron chi connectivity index (χ0n) is 12.4. The van der Waals surface area contributed by atoms with Gasteiger partial charge >= 0.3 is 0 Å². The summed E-state index contributed by atoms with van der Waals surface area (Å²) in [5, 5.41) is 9.82. The van der Waals surface area contributed by atoms with Crippen molar-refractivity contribution in [2.45, 2.75) is 16.2 Å². The van der Waals surface area contributed by atoms with E-state index in [9.17, 15) is 5.11 Å². The zero-order chi connectivity index (χ0) is 14.8. The van der Waals surface area contributed by atoms with E-state index in [0.717, 1.165) is 25.2 Å². The molecule has 1 aliphatic heterocycles. The van der Waals surface area contributed by atoms with Crippen LogP contribution in [0.25, 0.3) is 0 Å². The summed E-state index contributed by atoms with van der Waals surface area (Å²) < 4.78 is 0. The van der Waals surface area contributed by atoms with Gasteiger partial charge in [-0.1, -0.05) is 23.9 Å². The largest absolute Gasteiger partial charge is 0.508 e. The van der Waals surface area contributed by atoms with Gasteiger partial charge in [-0.2, -0.15) is 0 Å². The first kappa shape index (κ1) is 14.3. The molecule has 0 saturated heterocycles. The first-order valence-corrected chi connectivity index (χ1v) is 7.99. The SMILES string of the molecule is CN(C)CCCN1c2ccccc2Sc2ccc(O)cc21. The normalized spacial score (nSPS) is 13.2. The molecule has 2 aromatic rings. The third-order valence-electron chi connectivity index (χ3n) is 3.60. The van der Waals surface area contributed by atoms with Crippen LogP contribution in [0.3, 0.4) is 0 Å². The van der Waals surface area contributed by atoms with E-state index in [2.05, 4.69) is 48.2 Å². The van der Waals surface area contributed by atoms with Crippen molar-refractivity contribution in [3.05, 3.63) is 42.5 Å². The Kier molecular flexibility index (Phi) is 4.08.